The summed E-state index contributed by atoms with van der Waals surface area (Å²) in [5.74, 6) is -2.86. The molecule has 1 saturated heterocycles. The highest BCUT2D eigenvalue weighted by atomic mass is 35.5. The van der Waals surface area contributed by atoms with Crippen molar-refractivity contribution in [1.82, 2.24) is 9.80 Å². The van der Waals surface area contributed by atoms with Gasteiger partial charge in [-0.05, 0) is 18.2 Å². The lowest BCUT2D eigenvalue weighted by atomic mass is 10.2. The molecule has 0 radical (unpaired) electrons. The minimum Gasteiger partial charge on any atom is -0.323 e. The molecule has 5 amide bonds. The lowest BCUT2D eigenvalue weighted by Gasteiger charge is -2.14. The van der Waals surface area contributed by atoms with E-state index in [0.717, 1.165) is 0 Å². The average molecular weight is 347 g/mol. The molecular weight excluding hydrogens is 336 g/mol. The molecule has 8 nitrogen and oxygen atoms in total. The number of carbonyl (C=O) groups is 4. The van der Waals surface area contributed by atoms with Gasteiger partial charge in [0.25, 0.3) is 0 Å². The summed E-state index contributed by atoms with van der Waals surface area (Å²) in [5, 5.41) is 11.7. The predicted octanol–water partition coefficient (Wildman–Crippen LogP) is 1.13. The van der Waals surface area contributed by atoms with Crippen molar-refractivity contribution in [3.05, 3.63) is 41.4 Å². The molecule has 1 fully saturated rings. The van der Waals surface area contributed by atoms with Crippen LogP contribution in [-0.4, -0.2) is 46.6 Å². The summed E-state index contributed by atoms with van der Waals surface area (Å²) in [5.41, 5.74) is 0.305. The van der Waals surface area contributed by atoms with Crippen LogP contribution in [0.15, 0.2) is 30.9 Å². The summed E-state index contributed by atoms with van der Waals surface area (Å²) in [4.78, 5) is 48.7. The van der Waals surface area contributed by atoms with Crippen LogP contribution >= 0.6 is 11.6 Å². The molecular formula is C15H11ClN4O4. The van der Waals surface area contributed by atoms with Gasteiger partial charge in [-0.2, -0.15) is 5.26 Å². The highest BCUT2D eigenvalue weighted by molar-refractivity contribution is 6.45. The van der Waals surface area contributed by atoms with E-state index in [1.165, 1.54) is 24.3 Å². The van der Waals surface area contributed by atoms with E-state index in [2.05, 4.69) is 11.9 Å². The second-order valence-corrected chi connectivity index (χ2v) is 5.16. The summed E-state index contributed by atoms with van der Waals surface area (Å²) in [6.07, 6.45) is 1.29. The van der Waals surface area contributed by atoms with Gasteiger partial charge >= 0.3 is 17.8 Å². The van der Waals surface area contributed by atoms with Gasteiger partial charge in [-0.25, -0.2) is 9.69 Å². The van der Waals surface area contributed by atoms with Gasteiger partial charge in [-0.15, -0.1) is 6.58 Å². The Kier molecular flexibility index (Phi) is 4.96. The normalized spacial score (nSPS) is 13.9. The highest BCUT2D eigenvalue weighted by Gasteiger charge is 2.44. The van der Waals surface area contributed by atoms with Crippen LogP contribution in [0.4, 0.5) is 10.5 Å². The Balaban J connectivity index is 2.13. The topological polar surface area (TPSA) is 111 Å². The molecule has 1 heterocycles. The molecule has 24 heavy (non-hydrogen) atoms. The Morgan fingerprint density at radius 3 is 2.58 bits per heavy atom. The van der Waals surface area contributed by atoms with Crippen LogP contribution in [0.5, 0.6) is 0 Å². The van der Waals surface area contributed by atoms with Crippen LogP contribution in [0.25, 0.3) is 0 Å². The number of nitrogens with zero attached hydrogens (tertiary/aromatic N) is 3. The summed E-state index contributed by atoms with van der Waals surface area (Å²) in [6.45, 7) is 2.60. The molecule has 0 saturated carbocycles. The van der Waals surface area contributed by atoms with Gasteiger partial charge < -0.3 is 5.32 Å². The van der Waals surface area contributed by atoms with Crippen molar-refractivity contribution in [3.63, 3.8) is 0 Å². The number of hydrogen-bond acceptors (Lipinski definition) is 5. The maximum Gasteiger partial charge on any atom is 0.335 e. The van der Waals surface area contributed by atoms with Crippen LogP contribution < -0.4 is 5.32 Å². The summed E-state index contributed by atoms with van der Waals surface area (Å²) >= 11 is 5.81. The number of carbonyl (C=O) groups excluding carboxylic acids is 4. The molecule has 0 atom stereocenters. The lowest BCUT2D eigenvalue weighted by molar-refractivity contribution is -0.143. The van der Waals surface area contributed by atoms with Gasteiger partial charge in [0.1, 0.15) is 12.6 Å². The maximum atomic E-state index is 12.1. The Bertz CT molecular complexity index is 799. The zero-order chi connectivity index (χ0) is 17.9. The average Bonchev–Trinajstić information content (AvgIpc) is 2.73. The van der Waals surface area contributed by atoms with Crippen molar-refractivity contribution in [3.8, 4) is 6.07 Å². The number of rotatable bonds is 5. The van der Waals surface area contributed by atoms with Gasteiger partial charge in [-0.1, -0.05) is 17.7 Å². The van der Waals surface area contributed by atoms with E-state index in [-0.39, 0.29) is 17.8 Å². The van der Waals surface area contributed by atoms with E-state index in [0.29, 0.717) is 14.8 Å². The first-order chi connectivity index (χ1) is 11.4. The fourth-order valence-electron chi connectivity index (χ4n) is 2.03. The molecule has 9 heteroatoms. The third-order valence-electron chi connectivity index (χ3n) is 3.12. The molecule has 1 N–H and O–H groups in total. The molecule has 1 aromatic rings. The zero-order valence-electron chi connectivity index (χ0n) is 12.3. The Hall–Kier alpha value is -3.18. The Morgan fingerprint density at radius 1 is 1.29 bits per heavy atom. The molecule has 1 aliphatic heterocycles. The quantitative estimate of drug-likeness (QED) is 0.488. The molecule has 0 spiro atoms. The van der Waals surface area contributed by atoms with E-state index in [4.69, 9.17) is 16.9 Å². The molecule has 0 bridgehead atoms. The minimum atomic E-state index is -1.09. The van der Waals surface area contributed by atoms with Crippen molar-refractivity contribution in [2.24, 2.45) is 0 Å². The van der Waals surface area contributed by atoms with Crippen LogP contribution in [0.3, 0.4) is 0 Å². The number of benzene rings is 1. The monoisotopic (exact) mass is 346 g/mol. The molecule has 1 aliphatic rings. The third kappa shape index (κ3) is 3.26. The summed E-state index contributed by atoms with van der Waals surface area (Å²) in [7, 11) is 0. The smallest absolute Gasteiger partial charge is 0.323 e. The number of urea groups is 1. The SMILES string of the molecule is C=CCN1C(=O)C(=O)N(CC(=O)Nc2cc(Cl)ccc2C#N)C1=O. The lowest BCUT2D eigenvalue weighted by Crippen LogP contribution is -2.39. The van der Waals surface area contributed by atoms with Gasteiger partial charge in [-0.3, -0.25) is 19.3 Å². The number of nitrogens with one attached hydrogen (secondary N) is 1. The standard InChI is InChI=1S/C15H11ClN4O4/c1-2-5-19-13(22)14(23)20(15(19)24)8-12(21)18-11-6-10(16)4-3-9(11)7-17/h2-4,6H,1,5,8H2,(H,18,21). The van der Waals surface area contributed by atoms with Crippen LogP contribution in [-0.2, 0) is 14.4 Å². The number of nitriles is 1. The summed E-state index contributed by atoms with van der Waals surface area (Å²) in [6, 6.07) is 5.24. The largest absolute Gasteiger partial charge is 0.335 e. The van der Waals surface area contributed by atoms with E-state index in [1.54, 1.807) is 0 Å². The van der Waals surface area contributed by atoms with Crippen molar-refractivity contribution in [2.75, 3.05) is 18.4 Å². The van der Waals surface area contributed by atoms with Crippen LogP contribution in [0.1, 0.15) is 5.56 Å². The van der Waals surface area contributed by atoms with Gasteiger partial charge in [0.15, 0.2) is 0 Å². The molecule has 0 aromatic heterocycles. The number of halogens is 1. The van der Waals surface area contributed by atoms with E-state index in [9.17, 15) is 19.2 Å². The number of imide groups is 2. The molecule has 0 aliphatic carbocycles. The molecule has 2 rings (SSSR count). The maximum absolute atomic E-state index is 12.1. The van der Waals surface area contributed by atoms with Crippen molar-refractivity contribution in [1.29, 1.82) is 5.26 Å². The van der Waals surface area contributed by atoms with Gasteiger partial charge in [0, 0.05) is 11.6 Å². The molecule has 122 valence electrons. The second-order valence-electron chi connectivity index (χ2n) is 4.73. The van der Waals surface area contributed by atoms with E-state index in [1.807, 2.05) is 6.07 Å². The third-order valence-corrected chi connectivity index (χ3v) is 3.36. The summed E-state index contributed by atoms with van der Waals surface area (Å²) < 4.78 is 0. The first-order valence-electron chi connectivity index (χ1n) is 6.66. The zero-order valence-corrected chi connectivity index (χ0v) is 13.0. The highest BCUT2D eigenvalue weighted by Crippen LogP contribution is 2.20. The number of amides is 5. The fourth-order valence-corrected chi connectivity index (χ4v) is 2.20. The molecule has 0 unspecified atom stereocenters. The first-order valence-corrected chi connectivity index (χ1v) is 7.04. The van der Waals surface area contributed by atoms with Crippen molar-refractivity contribution >= 4 is 41.0 Å². The number of hydrogen-bond donors (Lipinski definition) is 1. The van der Waals surface area contributed by atoms with E-state index < -0.39 is 30.3 Å². The Labute approximate surface area is 141 Å². The van der Waals surface area contributed by atoms with Gasteiger partial charge in [0.05, 0.1) is 11.3 Å². The van der Waals surface area contributed by atoms with Crippen molar-refractivity contribution in [2.45, 2.75) is 0 Å². The van der Waals surface area contributed by atoms with Crippen molar-refractivity contribution < 1.29 is 19.2 Å². The van der Waals surface area contributed by atoms with E-state index >= 15 is 0 Å². The van der Waals surface area contributed by atoms with Gasteiger partial charge in [0.2, 0.25) is 5.91 Å². The first kappa shape index (κ1) is 17.2. The number of anilines is 1. The van der Waals surface area contributed by atoms with Crippen LogP contribution in [0.2, 0.25) is 5.02 Å². The Morgan fingerprint density at radius 2 is 1.96 bits per heavy atom. The van der Waals surface area contributed by atoms with Crippen LogP contribution in [0, 0.1) is 11.3 Å². The molecule has 1 aromatic carbocycles. The fraction of sp³-hybridized carbons (Fsp3) is 0.133. The second kappa shape index (κ2) is 6.93. The predicted molar refractivity (Wildman–Crippen MR) is 83.8 cm³/mol. The minimum absolute atomic E-state index is 0.131.